The molecule has 0 radical (unpaired) electrons. The highest BCUT2D eigenvalue weighted by molar-refractivity contribution is 6.53. The quantitative estimate of drug-likeness (QED) is 0.476. The van der Waals surface area contributed by atoms with E-state index in [9.17, 15) is 9.59 Å². The predicted octanol–water partition coefficient (Wildman–Crippen LogP) is 3.01. The fraction of sp³-hybridized carbons (Fsp3) is 0.429. The zero-order valence-corrected chi connectivity index (χ0v) is 12.6. The van der Waals surface area contributed by atoms with Crippen LogP contribution in [0.25, 0.3) is 0 Å². The molecule has 0 amide bonds. The number of hydrogen-bond donors (Lipinski definition) is 0. The minimum absolute atomic E-state index is 0.292. The lowest BCUT2D eigenvalue weighted by molar-refractivity contribution is -0.148. The van der Waals surface area contributed by atoms with Gasteiger partial charge in [0.1, 0.15) is 15.5 Å². The molecule has 1 atom stereocenters. The Morgan fingerprint density at radius 1 is 1.25 bits per heavy atom. The van der Waals surface area contributed by atoms with Gasteiger partial charge in [-0.2, -0.15) is 0 Å². The minimum atomic E-state index is -1.09. The third kappa shape index (κ3) is 2.76. The van der Waals surface area contributed by atoms with Crippen molar-refractivity contribution in [1.82, 2.24) is 0 Å². The van der Waals surface area contributed by atoms with E-state index in [1.54, 1.807) is 38.3 Å². The van der Waals surface area contributed by atoms with Gasteiger partial charge >= 0.3 is 5.97 Å². The average Bonchev–Trinajstić information content (AvgIpc) is 2.96. The summed E-state index contributed by atoms with van der Waals surface area (Å²) in [5.74, 6) is -0.192. The van der Waals surface area contributed by atoms with E-state index in [4.69, 9.17) is 32.7 Å². The molecule has 0 bridgehead atoms. The summed E-state index contributed by atoms with van der Waals surface area (Å²) in [5.41, 5.74) is -0.474. The molecule has 4 nitrogen and oxygen atoms in total. The molecule has 6 heteroatoms. The van der Waals surface area contributed by atoms with Gasteiger partial charge in [-0.25, -0.2) is 0 Å². The van der Waals surface area contributed by atoms with Crippen molar-refractivity contribution in [2.45, 2.75) is 17.7 Å². The van der Waals surface area contributed by atoms with E-state index >= 15 is 0 Å². The maximum absolute atomic E-state index is 11.9. The Morgan fingerprint density at radius 3 is 2.25 bits per heavy atom. The number of rotatable bonds is 5. The van der Waals surface area contributed by atoms with Gasteiger partial charge in [-0.3, -0.25) is 9.59 Å². The summed E-state index contributed by atoms with van der Waals surface area (Å²) in [7, 11) is 1.54. The molecule has 1 aliphatic rings. The molecule has 0 heterocycles. The fourth-order valence-electron chi connectivity index (χ4n) is 1.77. The topological polar surface area (TPSA) is 52.6 Å². The second-order valence-corrected chi connectivity index (χ2v) is 6.43. The van der Waals surface area contributed by atoms with E-state index < -0.39 is 15.7 Å². The first-order valence-corrected chi connectivity index (χ1v) is 6.78. The van der Waals surface area contributed by atoms with Crippen LogP contribution >= 0.6 is 23.2 Å². The van der Waals surface area contributed by atoms with Crippen molar-refractivity contribution in [3.05, 3.63) is 29.8 Å². The van der Waals surface area contributed by atoms with Gasteiger partial charge in [0, 0.05) is 12.0 Å². The molecule has 1 fully saturated rings. The lowest BCUT2D eigenvalue weighted by Crippen LogP contribution is -2.24. The van der Waals surface area contributed by atoms with E-state index in [0.717, 1.165) is 0 Å². The number of ether oxygens (including phenoxy) is 2. The maximum Gasteiger partial charge on any atom is 0.315 e. The molecule has 2 rings (SSSR count). The minimum Gasteiger partial charge on any atom is -0.497 e. The van der Waals surface area contributed by atoms with Crippen LogP contribution < -0.4 is 4.74 Å². The molecule has 0 aromatic heterocycles. The number of carbonyl (C=O) groups excluding carboxylic acids is 2. The van der Waals surface area contributed by atoms with E-state index in [0.29, 0.717) is 17.7 Å². The molecule has 20 heavy (non-hydrogen) atoms. The number of carbonyl (C=O) groups is 2. The van der Waals surface area contributed by atoms with Gasteiger partial charge in [0.25, 0.3) is 0 Å². The predicted molar refractivity (Wildman–Crippen MR) is 75.4 cm³/mol. The lowest BCUT2D eigenvalue weighted by atomic mass is 10.1. The van der Waals surface area contributed by atoms with Gasteiger partial charge in [0.2, 0.25) is 0 Å². The van der Waals surface area contributed by atoms with E-state index in [2.05, 4.69) is 0 Å². The fourth-order valence-corrected chi connectivity index (χ4v) is 2.46. The molecule has 1 aromatic carbocycles. The summed E-state index contributed by atoms with van der Waals surface area (Å²) >= 11 is 11.7. The first-order valence-electron chi connectivity index (χ1n) is 6.02. The van der Waals surface area contributed by atoms with Gasteiger partial charge in [0.15, 0.2) is 12.4 Å². The van der Waals surface area contributed by atoms with Crippen LogP contribution in [0.3, 0.4) is 0 Å². The number of benzene rings is 1. The Bertz CT molecular complexity index is 539. The van der Waals surface area contributed by atoms with Crippen LogP contribution in [0, 0.1) is 5.41 Å². The Kier molecular flexibility index (Phi) is 3.98. The van der Waals surface area contributed by atoms with Crippen LogP contribution in [-0.4, -0.2) is 29.8 Å². The third-order valence-electron chi connectivity index (χ3n) is 3.45. The second-order valence-electron chi connectivity index (χ2n) is 4.94. The highest BCUT2D eigenvalue weighted by Crippen LogP contribution is 2.64. The summed E-state index contributed by atoms with van der Waals surface area (Å²) in [6.07, 6.45) is 0.332. The average molecular weight is 317 g/mol. The monoisotopic (exact) mass is 316 g/mol. The van der Waals surface area contributed by atoms with Crippen molar-refractivity contribution >= 4 is 35.0 Å². The molecule has 0 N–H and O–H groups in total. The van der Waals surface area contributed by atoms with Gasteiger partial charge in [-0.1, -0.05) is 0 Å². The van der Waals surface area contributed by atoms with Crippen molar-refractivity contribution in [2.24, 2.45) is 5.41 Å². The first-order chi connectivity index (χ1) is 9.30. The van der Waals surface area contributed by atoms with Crippen LogP contribution in [-0.2, 0) is 9.53 Å². The van der Waals surface area contributed by atoms with Crippen molar-refractivity contribution in [1.29, 1.82) is 0 Å². The van der Waals surface area contributed by atoms with E-state index in [1.807, 2.05) is 0 Å². The molecule has 0 unspecified atom stereocenters. The molecule has 0 spiro atoms. The van der Waals surface area contributed by atoms with E-state index in [-0.39, 0.29) is 12.4 Å². The van der Waals surface area contributed by atoms with Crippen molar-refractivity contribution in [3.8, 4) is 5.75 Å². The van der Waals surface area contributed by atoms with Gasteiger partial charge in [-0.05, 0) is 31.2 Å². The van der Waals surface area contributed by atoms with Gasteiger partial charge in [-0.15, -0.1) is 23.2 Å². The third-order valence-corrected chi connectivity index (χ3v) is 4.56. The maximum atomic E-state index is 11.9. The summed E-state index contributed by atoms with van der Waals surface area (Å²) < 4.78 is 8.90. The molecule has 0 aliphatic heterocycles. The highest BCUT2D eigenvalue weighted by Gasteiger charge is 2.69. The highest BCUT2D eigenvalue weighted by atomic mass is 35.5. The van der Waals surface area contributed by atoms with Crippen molar-refractivity contribution < 1.29 is 19.1 Å². The normalized spacial score (nSPS) is 23.0. The largest absolute Gasteiger partial charge is 0.497 e. The van der Waals surface area contributed by atoms with Gasteiger partial charge in [0.05, 0.1) is 7.11 Å². The Morgan fingerprint density at radius 2 is 1.80 bits per heavy atom. The summed E-state index contributed by atoms with van der Waals surface area (Å²) in [5, 5.41) is 0. The van der Waals surface area contributed by atoms with Crippen molar-refractivity contribution in [3.63, 3.8) is 0 Å². The number of ketones is 1. The molecule has 1 aromatic rings. The van der Waals surface area contributed by atoms with E-state index in [1.165, 1.54) is 0 Å². The molecule has 1 saturated carbocycles. The van der Waals surface area contributed by atoms with Gasteiger partial charge < -0.3 is 9.47 Å². The number of methoxy groups -OCH3 is 1. The summed E-state index contributed by atoms with van der Waals surface area (Å²) in [4.78, 5) is 23.7. The summed E-state index contributed by atoms with van der Waals surface area (Å²) in [6, 6.07) is 6.56. The Labute approximate surface area is 127 Å². The number of alkyl halides is 2. The molecular formula is C14H14Cl2O4. The van der Waals surface area contributed by atoms with Crippen LogP contribution in [0.15, 0.2) is 24.3 Å². The van der Waals surface area contributed by atoms with Crippen LogP contribution in [0.5, 0.6) is 5.75 Å². The number of esters is 1. The molecule has 108 valence electrons. The lowest BCUT2D eigenvalue weighted by Gasteiger charge is -2.11. The van der Waals surface area contributed by atoms with Crippen molar-refractivity contribution in [2.75, 3.05) is 13.7 Å². The number of hydrogen-bond acceptors (Lipinski definition) is 4. The van der Waals surface area contributed by atoms with Crippen LogP contribution in [0.4, 0.5) is 0 Å². The van der Waals surface area contributed by atoms with Crippen LogP contribution in [0.1, 0.15) is 23.7 Å². The standard InChI is InChI=1S/C14H14Cl2O4/c1-13(8-14(13,15)16)12(18)20-7-11(17)9-3-5-10(19-2)6-4-9/h3-6H,7-8H2,1-2H3/t13-/m0/s1. The number of Topliss-reactive ketones (excluding diaryl/α,β-unsaturated/α-hetero) is 1. The second kappa shape index (κ2) is 5.26. The number of halogens is 2. The summed E-state index contributed by atoms with van der Waals surface area (Å²) in [6.45, 7) is 1.29. The Hall–Kier alpha value is -1.26. The smallest absolute Gasteiger partial charge is 0.315 e. The first kappa shape index (κ1) is 15.1. The SMILES string of the molecule is COc1ccc(C(=O)COC(=O)[C@]2(C)CC2(Cl)Cl)cc1. The molecule has 0 saturated heterocycles. The zero-order chi connectivity index (χ0) is 15.0. The zero-order valence-electron chi connectivity index (χ0n) is 11.1. The van der Waals surface area contributed by atoms with Crippen LogP contribution in [0.2, 0.25) is 0 Å². The Balaban J connectivity index is 1.91. The molecule has 1 aliphatic carbocycles. The molecular weight excluding hydrogens is 303 g/mol.